The zero-order chi connectivity index (χ0) is 28.8. The molecule has 1 unspecified atom stereocenters. The molecule has 2 N–H and O–H groups in total. The predicted molar refractivity (Wildman–Crippen MR) is 144 cm³/mol. The van der Waals surface area contributed by atoms with Crippen molar-refractivity contribution in [1.29, 1.82) is 0 Å². The van der Waals surface area contributed by atoms with Crippen LogP contribution in [0.2, 0.25) is 0 Å². The molecule has 218 valence electrons. The number of aliphatic carboxylic acids is 1. The maximum Gasteiger partial charge on any atom is 0.416 e. The van der Waals surface area contributed by atoms with Crippen LogP contribution in [0.15, 0.2) is 40.6 Å². The van der Waals surface area contributed by atoms with Crippen LogP contribution < -0.4 is 0 Å². The average molecular weight is 591 g/mol. The molecule has 1 aromatic heterocycles. The molecule has 1 aromatic carbocycles. The van der Waals surface area contributed by atoms with Gasteiger partial charge in [-0.05, 0) is 36.2 Å². The Kier molecular flexibility index (Phi) is 14.1. The third-order valence-electron chi connectivity index (χ3n) is 6.15. The van der Waals surface area contributed by atoms with Gasteiger partial charge in [-0.15, -0.1) is 15.8 Å². The van der Waals surface area contributed by atoms with Crippen LogP contribution in [0.5, 0.6) is 0 Å². The van der Waals surface area contributed by atoms with Crippen LogP contribution in [0.25, 0.3) is 0 Å². The lowest BCUT2D eigenvalue weighted by Crippen LogP contribution is -2.35. The molecule has 12 heteroatoms. The van der Waals surface area contributed by atoms with Crippen LogP contribution in [0.4, 0.5) is 13.2 Å². The van der Waals surface area contributed by atoms with Gasteiger partial charge in [0.2, 0.25) is 0 Å². The van der Waals surface area contributed by atoms with E-state index in [1.165, 1.54) is 56.7 Å². The van der Waals surface area contributed by atoms with Gasteiger partial charge in [-0.1, -0.05) is 76.8 Å². The van der Waals surface area contributed by atoms with Crippen molar-refractivity contribution < 1.29 is 37.3 Å². The smallest absolute Gasteiger partial charge is 0.416 e. The fraction of sp³-hybridized carbons (Fsp3) is 0.556. The van der Waals surface area contributed by atoms with Crippen molar-refractivity contribution in [2.24, 2.45) is 0 Å². The molecule has 0 fully saturated rings. The summed E-state index contributed by atoms with van der Waals surface area (Å²) in [6.07, 6.45) is 6.74. The van der Waals surface area contributed by atoms with Crippen molar-refractivity contribution in [2.75, 3.05) is 6.54 Å². The Morgan fingerprint density at radius 3 is 2.13 bits per heavy atom. The monoisotopic (exact) mass is 590 g/mol. The summed E-state index contributed by atoms with van der Waals surface area (Å²) in [5.74, 6) is -3.01. The SMILES string of the molecule is CCCCCCCCCCCCN(O)S(=O)c1ccc(CN(Cc2cccc(C(F)(F)F)c2)C(=O)C(=O)O)s1. The zero-order valence-electron chi connectivity index (χ0n) is 22.1. The average Bonchev–Trinajstić information content (AvgIpc) is 3.36. The van der Waals surface area contributed by atoms with Gasteiger partial charge in [0, 0.05) is 18.0 Å². The van der Waals surface area contributed by atoms with E-state index < -0.39 is 34.6 Å². The van der Waals surface area contributed by atoms with E-state index in [0.717, 1.165) is 52.1 Å². The molecule has 2 rings (SSSR count). The van der Waals surface area contributed by atoms with Gasteiger partial charge < -0.3 is 15.2 Å². The maximum absolute atomic E-state index is 13.1. The van der Waals surface area contributed by atoms with Gasteiger partial charge >= 0.3 is 18.1 Å². The van der Waals surface area contributed by atoms with E-state index in [0.29, 0.717) is 15.5 Å². The van der Waals surface area contributed by atoms with E-state index in [4.69, 9.17) is 0 Å². The molecule has 0 radical (unpaired) electrons. The number of halogens is 3. The Morgan fingerprint density at radius 1 is 0.923 bits per heavy atom. The Labute approximate surface area is 234 Å². The Bertz CT molecular complexity index is 1080. The fourth-order valence-electron chi connectivity index (χ4n) is 4.05. The Balaban J connectivity index is 1.88. The van der Waals surface area contributed by atoms with Crippen LogP contribution in [-0.4, -0.2) is 42.3 Å². The third-order valence-corrected chi connectivity index (χ3v) is 8.74. The largest absolute Gasteiger partial charge is 0.474 e. The summed E-state index contributed by atoms with van der Waals surface area (Å²) in [4.78, 5) is 25.0. The van der Waals surface area contributed by atoms with Crippen LogP contribution in [0.3, 0.4) is 0 Å². The molecular weight excluding hydrogens is 553 g/mol. The van der Waals surface area contributed by atoms with Crippen molar-refractivity contribution in [3.05, 3.63) is 52.4 Å². The first kappa shape index (κ1) is 32.9. The first-order valence-corrected chi connectivity index (χ1v) is 15.1. The minimum atomic E-state index is -4.57. The second kappa shape index (κ2) is 16.7. The number of unbranched alkanes of at least 4 members (excludes halogenated alkanes) is 9. The number of carbonyl (C=O) groups is 2. The van der Waals surface area contributed by atoms with Gasteiger partial charge in [0.15, 0.2) is 11.0 Å². The summed E-state index contributed by atoms with van der Waals surface area (Å²) < 4.78 is 53.0. The van der Waals surface area contributed by atoms with Crippen molar-refractivity contribution in [3.63, 3.8) is 0 Å². The summed E-state index contributed by atoms with van der Waals surface area (Å²) in [5.41, 5.74) is -0.778. The van der Waals surface area contributed by atoms with E-state index in [1.807, 2.05) is 0 Å². The zero-order valence-corrected chi connectivity index (χ0v) is 23.8. The van der Waals surface area contributed by atoms with Crippen LogP contribution >= 0.6 is 11.3 Å². The Hall–Kier alpha value is -2.28. The standard InChI is InChI=1S/C27H37F3N2O5S2/c1-2-3-4-5-6-7-8-9-10-11-17-32(36)39(37)24-16-15-23(38-24)20-31(25(33)26(34)35)19-21-13-12-14-22(18-21)27(28,29)30/h12-16,18,36H,2-11,17,19-20H2,1H3,(H,34,35). The van der Waals surface area contributed by atoms with Gasteiger partial charge in [-0.2, -0.15) is 13.2 Å². The van der Waals surface area contributed by atoms with Gasteiger partial charge in [0.05, 0.1) is 12.1 Å². The lowest BCUT2D eigenvalue weighted by atomic mass is 10.1. The van der Waals surface area contributed by atoms with Crippen LogP contribution in [0, 0.1) is 0 Å². The summed E-state index contributed by atoms with van der Waals surface area (Å²) in [6.45, 7) is 1.87. The minimum Gasteiger partial charge on any atom is -0.474 e. The molecule has 0 aliphatic carbocycles. The maximum atomic E-state index is 13.1. The molecule has 7 nitrogen and oxygen atoms in total. The van der Waals surface area contributed by atoms with Gasteiger partial charge in [0.25, 0.3) is 0 Å². The van der Waals surface area contributed by atoms with Crippen molar-refractivity contribution >= 4 is 34.2 Å². The summed E-state index contributed by atoms with van der Waals surface area (Å²) in [7, 11) is -1.84. The molecule has 0 aliphatic heterocycles. The number of hydroxylamine groups is 1. The molecular formula is C27H37F3N2O5S2. The molecule has 0 saturated carbocycles. The highest BCUT2D eigenvalue weighted by Gasteiger charge is 2.31. The fourth-order valence-corrected chi connectivity index (χ4v) is 6.35. The summed E-state index contributed by atoms with van der Waals surface area (Å²) in [6, 6.07) is 7.41. The number of benzene rings is 1. The Morgan fingerprint density at radius 2 is 1.54 bits per heavy atom. The number of carboxylic acids is 1. The number of rotatable bonds is 17. The van der Waals surface area contributed by atoms with E-state index in [-0.39, 0.29) is 25.2 Å². The number of carbonyl (C=O) groups excluding carboxylic acids is 1. The molecule has 1 amide bonds. The van der Waals surface area contributed by atoms with Crippen LogP contribution in [-0.2, 0) is 39.8 Å². The minimum absolute atomic E-state index is 0.123. The van der Waals surface area contributed by atoms with E-state index in [2.05, 4.69) is 6.92 Å². The first-order valence-electron chi connectivity index (χ1n) is 13.2. The van der Waals surface area contributed by atoms with Crippen LogP contribution in [0.1, 0.15) is 87.1 Å². The van der Waals surface area contributed by atoms with Crippen molar-refractivity contribution in [2.45, 2.75) is 94.6 Å². The normalized spacial score (nSPS) is 12.6. The molecule has 0 aliphatic rings. The first-order chi connectivity index (χ1) is 18.5. The lowest BCUT2D eigenvalue weighted by Gasteiger charge is -2.20. The van der Waals surface area contributed by atoms with E-state index in [9.17, 15) is 37.3 Å². The molecule has 1 heterocycles. The topological polar surface area (TPSA) is 98.2 Å². The molecule has 0 bridgehead atoms. The summed E-state index contributed by atoms with van der Waals surface area (Å²) in [5, 5.41) is 19.4. The third kappa shape index (κ3) is 11.8. The number of nitrogens with zero attached hydrogens (tertiary/aromatic N) is 2. The highest BCUT2D eigenvalue weighted by molar-refractivity contribution is 7.84. The number of hydrogen-bond donors (Lipinski definition) is 2. The van der Waals surface area contributed by atoms with E-state index >= 15 is 0 Å². The number of alkyl halides is 3. The number of thiophene rings is 1. The molecule has 2 aromatic rings. The quantitative estimate of drug-likeness (QED) is 0.117. The summed E-state index contributed by atoms with van der Waals surface area (Å²) >= 11 is 1.03. The van der Waals surface area contributed by atoms with Gasteiger partial charge in [-0.3, -0.25) is 4.79 Å². The highest BCUT2D eigenvalue weighted by Crippen LogP contribution is 2.30. The van der Waals surface area contributed by atoms with Gasteiger partial charge in [-0.25, -0.2) is 9.00 Å². The second-order valence-electron chi connectivity index (χ2n) is 9.39. The second-order valence-corrected chi connectivity index (χ2v) is 12.2. The van der Waals surface area contributed by atoms with Crippen molar-refractivity contribution in [3.8, 4) is 0 Å². The van der Waals surface area contributed by atoms with Gasteiger partial charge in [0.1, 0.15) is 4.21 Å². The number of carboxylic acid groups (broad SMARTS) is 1. The predicted octanol–water partition coefficient (Wildman–Crippen LogP) is 7.02. The lowest BCUT2D eigenvalue weighted by molar-refractivity contribution is -0.156. The molecule has 0 spiro atoms. The highest BCUT2D eigenvalue weighted by atomic mass is 32.2. The number of amides is 1. The number of hydrogen-bond acceptors (Lipinski definition) is 5. The van der Waals surface area contributed by atoms with Crippen molar-refractivity contribution in [1.82, 2.24) is 9.37 Å². The van der Waals surface area contributed by atoms with E-state index in [1.54, 1.807) is 6.07 Å². The molecule has 1 atom stereocenters. The molecule has 39 heavy (non-hydrogen) atoms. The molecule has 0 saturated heterocycles.